The van der Waals surface area contributed by atoms with Gasteiger partial charge in [0.2, 0.25) is 0 Å². The first-order chi connectivity index (χ1) is 6.45. The molecule has 3 aromatic rings. The van der Waals surface area contributed by atoms with E-state index in [0.29, 0.717) is 0 Å². The molecule has 2 aromatic carbocycles. The number of rotatable bonds is 0. The predicted octanol–water partition coefficient (Wildman–Crippen LogP) is 3.47. The van der Waals surface area contributed by atoms with Crippen LogP contribution in [0.1, 0.15) is 0 Å². The van der Waals surface area contributed by atoms with Crippen LogP contribution in [0.2, 0.25) is 0 Å². The second-order valence-electron chi connectivity index (χ2n) is 3.22. The number of H-pyrrole nitrogens is 1. The minimum atomic E-state index is 0. The maximum atomic E-state index is 3.38. The molecule has 0 fully saturated rings. The maximum Gasteiger partial charge on any atom is 0.0464 e. The van der Waals surface area contributed by atoms with Crippen molar-refractivity contribution in [3.05, 3.63) is 48.5 Å². The molecule has 1 heterocycles. The number of hydrogen-bond acceptors (Lipinski definition) is 0. The maximum absolute atomic E-state index is 3.38. The third kappa shape index (κ3) is 1.08. The van der Waals surface area contributed by atoms with Gasteiger partial charge in [-0.3, -0.25) is 4.70 Å². The summed E-state index contributed by atoms with van der Waals surface area (Å²) in [7, 11) is 0. The molecule has 0 amide bonds. The highest BCUT2D eigenvalue weighted by atomic mass is 19.0. The Hall–Kier alpha value is -1.83. The SMILES string of the molecule is F.c1ccc2c(c1)[nH]c1ccccc12. The molecule has 2 heteroatoms. The number of para-hydroxylation sites is 2. The Balaban J connectivity index is 0.000000750. The number of hydrogen-bond donors (Lipinski definition) is 1. The fourth-order valence-corrected chi connectivity index (χ4v) is 1.80. The molecule has 3 rings (SSSR count). The Morgan fingerprint density at radius 2 is 1.07 bits per heavy atom. The van der Waals surface area contributed by atoms with Crippen molar-refractivity contribution in [1.82, 2.24) is 4.98 Å². The molecule has 0 saturated carbocycles. The number of fused-ring (bicyclic) bond motifs is 3. The van der Waals surface area contributed by atoms with Gasteiger partial charge in [0.15, 0.2) is 0 Å². The summed E-state index contributed by atoms with van der Waals surface area (Å²) >= 11 is 0. The van der Waals surface area contributed by atoms with Crippen LogP contribution in [0.3, 0.4) is 0 Å². The van der Waals surface area contributed by atoms with Gasteiger partial charge in [-0.2, -0.15) is 0 Å². The summed E-state index contributed by atoms with van der Waals surface area (Å²) in [6.07, 6.45) is 0. The normalized spacial score (nSPS) is 10.3. The first-order valence-corrected chi connectivity index (χ1v) is 4.40. The summed E-state index contributed by atoms with van der Waals surface area (Å²) in [5.74, 6) is 0. The quantitative estimate of drug-likeness (QED) is 0.554. The Morgan fingerprint density at radius 1 is 0.643 bits per heavy atom. The van der Waals surface area contributed by atoms with E-state index in [0.717, 1.165) is 0 Å². The number of benzene rings is 2. The van der Waals surface area contributed by atoms with Gasteiger partial charge in [-0.1, -0.05) is 36.4 Å². The molecule has 0 saturated heterocycles. The largest absolute Gasteiger partial charge is 0.355 e. The molecule has 0 radical (unpaired) electrons. The highest BCUT2D eigenvalue weighted by Gasteiger charge is 2.00. The fraction of sp³-hybridized carbons (Fsp3) is 0. The molecule has 0 spiro atoms. The predicted molar refractivity (Wildman–Crippen MR) is 58.3 cm³/mol. The molecular weight excluding hydrogens is 177 g/mol. The lowest BCUT2D eigenvalue weighted by atomic mass is 10.2. The lowest BCUT2D eigenvalue weighted by Gasteiger charge is -1.87. The van der Waals surface area contributed by atoms with E-state index >= 15 is 0 Å². The molecule has 0 bridgehead atoms. The smallest absolute Gasteiger partial charge is 0.0464 e. The van der Waals surface area contributed by atoms with Crippen molar-refractivity contribution in [2.75, 3.05) is 0 Å². The molecule has 0 atom stereocenters. The zero-order chi connectivity index (χ0) is 8.67. The second-order valence-corrected chi connectivity index (χ2v) is 3.22. The first-order valence-electron chi connectivity index (χ1n) is 4.40. The van der Waals surface area contributed by atoms with Crippen molar-refractivity contribution in [1.29, 1.82) is 0 Å². The van der Waals surface area contributed by atoms with E-state index in [1.807, 2.05) is 0 Å². The van der Waals surface area contributed by atoms with E-state index in [9.17, 15) is 0 Å². The van der Waals surface area contributed by atoms with E-state index in [1.165, 1.54) is 21.8 Å². The third-order valence-electron chi connectivity index (χ3n) is 2.41. The molecule has 0 aliphatic rings. The molecule has 0 unspecified atom stereocenters. The van der Waals surface area contributed by atoms with Crippen molar-refractivity contribution in [2.45, 2.75) is 0 Å². The van der Waals surface area contributed by atoms with Crippen LogP contribution in [-0.2, 0) is 0 Å². The van der Waals surface area contributed by atoms with Gasteiger partial charge in [-0.15, -0.1) is 0 Å². The zero-order valence-corrected chi connectivity index (χ0v) is 7.53. The van der Waals surface area contributed by atoms with Gasteiger partial charge in [0.1, 0.15) is 0 Å². The first kappa shape index (κ1) is 8.75. The third-order valence-corrected chi connectivity index (χ3v) is 2.41. The van der Waals surface area contributed by atoms with Crippen LogP contribution in [0.5, 0.6) is 0 Å². The Morgan fingerprint density at radius 3 is 1.57 bits per heavy atom. The number of aromatic amines is 1. The van der Waals surface area contributed by atoms with Crippen molar-refractivity contribution in [3.8, 4) is 0 Å². The van der Waals surface area contributed by atoms with Crippen LogP contribution in [0, 0.1) is 0 Å². The number of nitrogens with one attached hydrogen (secondary N) is 1. The monoisotopic (exact) mass is 187 g/mol. The molecule has 70 valence electrons. The zero-order valence-electron chi connectivity index (χ0n) is 7.53. The van der Waals surface area contributed by atoms with Gasteiger partial charge >= 0.3 is 0 Å². The van der Waals surface area contributed by atoms with E-state index < -0.39 is 0 Å². The molecule has 0 aliphatic carbocycles. The van der Waals surface area contributed by atoms with Gasteiger partial charge in [0.25, 0.3) is 0 Å². The van der Waals surface area contributed by atoms with E-state index in [1.54, 1.807) is 0 Å². The topological polar surface area (TPSA) is 15.8 Å². The highest BCUT2D eigenvalue weighted by molar-refractivity contribution is 6.06. The second kappa shape index (κ2) is 3.14. The average Bonchev–Trinajstić information content (AvgIpc) is 2.56. The Bertz CT molecular complexity index is 518. The van der Waals surface area contributed by atoms with Crippen molar-refractivity contribution in [2.24, 2.45) is 0 Å². The number of halogens is 1. The average molecular weight is 187 g/mol. The van der Waals surface area contributed by atoms with Crippen LogP contribution in [0.25, 0.3) is 21.8 Å². The Kier molecular flexibility index (Phi) is 1.97. The summed E-state index contributed by atoms with van der Waals surface area (Å²) in [5, 5.41) is 2.61. The van der Waals surface area contributed by atoms with Gasteiger partial charge < -0.3 is 4.98 Å². The van der Waals surface area contributed by atoms with Crippen LogP contribution in [0.15, 0.2) is 48.5 Å². The summed E-state index contributed by atoms with van der Waals surface area (Å²) in [5.41, 5.74) is 2.42. The number of aromatic nitrogens is 1. The van der Waals surface area contributed by atoms with Crippen molar-refractivity contribution in [3.63, 3.8) is 0 Å². The standard InChI is InChI=1S/C12H9N.FH/c1-3-7-11-9(5-1)10-6-2-4-8-12(10)13-11;/h1-8,13H;1H. The Labute approximate surface area is 80.7 Å². The van der Waals surface area contributed by atoms with Crippen LogP contribution < -0.4 is 0 Å². The van der Waals surface area contributed by atoms with Gasteiger partial charge in [0.05, 0.1) is 0 Å². The molecule has 1 nitrogen and oxygen atoms in total. The highest BCUT2D eigenvalue weighted by Crippen LogP contribution is 2.24. The van der Waals surface area contributed by atoms with Crippen LogP contribution >= 0.6 is 0 Å². The lowest BCUT2D eigenvalue weighted by Crippen LogP contribution is -1.62. The molecule has 1 N–H and O–H groups in total. The summed E-state index contributed by atoms with van der Waals surface area (Å²) in [4.78, 5) is 3.38. The van der Waals surface area contributed by atoms with E-state index in [4.69, 9.17) is 0 Å². The minimum absolute atomic E-state index is 0. The van der Waals surface area contributed by atoms with Gasteiger partial charge in [-0.05, 0) is 12.1 Å². The van der Waals surface area contributed by atoms with E-state index in [-0.39, 0.29) is 4.70 Å². The van der Waals surface area contributed by atoms with Crippen molar-refractivity contribution >= 4 is 21.8 Å². The van der Waals surface area contributed by atoms with Gasteiger partial charge in [0, 0.05) is 21.8 Å². The molecule has 1 aromatic heterocycles. The van der Waals surface area contributed by atoms with Crippen LogP contribution in [-0.4, -0.2) is 4.98 Å². The summed E-state index contributed by atoms with van der Waals surface area (Å²) in [6.45, 7) is 0. The van der Waals surface area contributed by atoms with E-state index in [2.05, 4.69) is 53.5 Å². The van der Waals surface area contributed by atoms with Crippen molar-refractivity contribution < 1.29 is 4.70 Å². The summed E-state index contributed by atoms with van der Waals surface area (Å²) < 4.78 is 0. The molecular formula is C12H10FN. The van der Waals surface area contributed by atoms with Crippen LogP contribution in [0.4, 0.5) is 4.70 Å². The molecule has 14 heavy (non-hydrogen) atoms. The fourth-order valence-electron chi connectivity index (χ4n) is 1.80. The minimum Gasteiger partial charge on any atom is -0.355 e. The lowest BCUT2D eigenvalue weighted by molar-refractivity contribution is 1.11. The van der Waals surface area contributed by atoms with Gasteiger partial charge in [-0.25, -0.2) is 0 Å². The summed E-state index contributed by atoms with van der Waals surface area (Å²) in [6, 6.07) is 16.8. The molecule has 0 aliphatic heterocycles.